The first kappa shape index (κ1) is 8.57. The second-order valence-corrected chi connectivity index (χ2v) is 3.65. The van der Waals surface area contributed by atoms with E-state index >= 15 is 0 Å². The molecule has 1 atom stereocenters. The summed E-state index contributed by atoms with van der Waals surface area (Å²) in [6.45, 7) is 0. The van der Waals surface area contributed by atoms with Crippen LogP contribution < -0.4 is 0 Å². The Morgan fingerprint density at radius 3 is 3.00 bits per heavy atom. The topological polar surface area (TPSA) is 37.3 Å². The largest absolute Gasteiger partial charge is 0.481 e. The van der Waals surface area contributed by atoms with Crippen LogP contribution in [0.4, 0.5) is 0 Å². The Labute approximate surface area is 81.1 Å². The average Bonchev–Trinajstić information content (AvgIpc) is 2.49. The number of hydrogen-bond acceptors (Lipinski definition) is 1. The molecule has 0 bridgehead atoms. The van der Waals surface area contributed by atoms with E-state index in [4.69, 9.17) is 16.7 Å². The molecule has 1 aromatic rings. The van der Waals surface area contributed by atoms with Crippen LogP contribution in [0.5, 0.6) is 0 Å². The SMILES string of the molecule is O=C(O)C1CCc2cccc(Cl)c21. The Hall–Kier alpha value is -1.02. The Balaban J connectivity index is 2.52. The summed E-state index contributed by atoms with van der Waals surface area (Å²) in [5.41, 5.74) is 1.90. The van der Waals surface area contributed by atoms with E-state index in [1.807, 2.05) is 12.1 Å². The van der Waals surface area contributed by atoms with Crippen molar-refractivity contribution in [3.05, 3.63) is 34.3 Å². The summed E-state index contributed by atoms with van der Waals surface area (Å²) < 4.78 is 0. The summed E-state index contributed by atoms with van der Waals surface area (Å²) in [4.78, 5) is 10.9. The van der Waals surface area contributed by atoms with Crippen LogP contribution in [0.3, 0.4) is 0 Å². The molecule has 68 valence electrons. The fourth-order valence-electron chi connectivity index (χ4n) is 1.88. The highest BCUT2D eigenvalue weighted by atomic mass is 35.5. The van der Waals surface area contributed by atoms with Crippen LogP contribution in [0.15, 0.2) is 18.2 Å². The van der Waals surface area contributed by atoms with Crippen molar-refractivity contribution >= 4 is 17.6 Å². The number of halogens is 1. The monoisotopic (exact) mass is 196 g/mol. The number of rotatable bonds is 1. The zero-order valence-corrected chi connectivity index (χ0v) is 7.71. The van der Waals surface area contributed by atoms with Gasteiger partial charge in [0.05, 0.1) is 5.92 Å². The Morgan fingerprint density at radius 2 is 2.31 bits per heavy atom. The zero-order valence-electron chi connectivity index (χ0n) is 6.96. The van der Waals surface area contributed by atoms with E-state index in [2.05, 4.69) is 0 Å². The van der Waals surface area contributed by atoms with Gasteiger partial charge in [-0.1, -0.05) is 23.7 Å². The predicted molar refractivity (Wildman–Crippen MR) is 50.1 cm³/mol. The number of carbonyl (C=O) groups is 1. The predicted octanol–water partition coefficient (Wildman–Crippen LogP) is 2.45. The minimum atomic E-state index is -0.771. The number of aryl methyl sites for hydroxylation is 1. The van der Waals surface area contributed by atoms with Crippen molar-refractivity contribution in [2.24, 2.45) is 0 Å². The molecule has 0 spiro atoms. The molecular formula is C10H9ClO2. The van der Waals surface area contributed by atoms with E-state index in [1.165, 1.54) is 0 Å². The molecule has 1 aliphatic rings. The van der Waals surface area contributed by atoms with Gasteiger partial charge in [-0.05, 0) is 30.0 Å². The molecule has 0 aliphatic heterocycles. The maximum absolute atomic E-state index is 10.9. The van der Waals surface area contributed by atoms with Gasteiger partial charge in [-0.15, -0.1) is 0 Å². The van der Waals surface area contributed by atoms with E-state index in [0.717, 1.165) is 17.5 Å². The van der Waals surface area contributed by atoms with Crippen LogP contribution in [0.25, 0.3) is 0 Å². The Bertz CT molecular complexity index is 360. The lowest BCUT2D eigenvalue weighted by Gasteiger charge is -2.07. The van der Waals surface area contributed by atoms with Gasteiger partial charge < -0.3 is 5.11 Å². The molecule has 1 aliphatic carbocycles. The smallest absolute Gasteiger partial charge is 0.311 e. The van der Waals surface area contributed by atoms with Crippen LogP contribution >= 0.6 is 11.6 Å². The minimum Gasteiger partial charge on any atom is -0.481 e. The first-order valence-corrected chi connectivity index (χ1v) is 4.58. The molecule has 0 saturated carbocycles. The fraction of sp³-hybridized carbons (Fsp3) is 0.300. The van der Waals surface area contributed by atoms with Crippen LogP contribution in [0, 0.1) is 0 Å². The normalized spacial score (nSPS) is 19.9. The number of carboxylic acids is 1. The molecule has 1 aromatic carbocycles. The van der Waals surface area contributed by atoms with Crippen molar-refractivity contribution in [3.8, 4) is 0 Å². The zero-order chi connectivity index (χ0) is 9.42. The number of hydrogen-bond donors (Lipinski definition) is 1. The molecule has 0 fully saturated rings. The van der Waals surface area contributed by atoms with Crippen LogP contribution in [-0.2, 0) is 11.2 Å². The van der Waals surface area contributed by atoms with Gasteiger partial charge in [0.2, 0.25) is 0 Å². The average molecular weight is 197 g/mol. The molecular weight excluding hydrogens is 188 g/mol. The molecule has 2 nitrogen and oxygen atoms in total. The third-order valence-electron chi connectivity index (χ3n) is 2.49. The molecule has 0 radical (unpaired) electrons. The molecule has 0 saturated heterocycles. The van der Waals surface area contributed by atoms with E-state index in [0.29, 0.717) is 11.4 Å². The van der Waals surface area contributed by atoms with Gasteiger partial charge in [0.1, 0.15) is 0 Å². The molecule has 3 heteroatoms. The molecule has 0 aromatic heterocycles. The Kier molecular flexibility index (Phi) is 2.00. The van der Waals surface area contributed by atoms with Gasteiger partial charge >= 0.3 is 5.97 Å². The minimum absolute atomic E-state index is 0.399. The molecule has 1 N–H and O–H groups in total. The lowest BCUT2D eigenvalue weighted by Crippen LogP contribution is -2.08. The number of aliphatic carboxylic acids is 1. The van der Waals surface area contributed by atoms with Gasteiger partial charge in [-0.3, -0.25) is 4.79 Å². The summed E-state index contributed by atoms with van der Waals surface area (Å²) in [5.74, 6) is -1.17. The molecule has 0 heterocycles. The van der Waals surface area contributed by atoms with Gasteiger partial charge in [-0.2, -0.15) is 0 Å². The van der Waals surface area contributed by atoms with Crippen LogP contribution in [0.2, 0.25) is 5.02 Å². The number of carboxylic acid groups (broad SMARTS) is 1. The Morgan fingerprint density at radius 1 is 1.54 bits per heavy atom. The third-order valence-corrected chi connectivity index (χ3v) is 2.82. The van der Waals surface area contributed by atoms with Gasteiger partial charge in [0.25, 0.3) is 0 Å². The highest BCUT2D eigenvalue weighted by molar-refractivity contribution is 6.31. The van der Waals surface area contributed by atoms with Crippen molar-refractivity contribution in [2.45, 2.75) is 18.8 Å². The number of fused-ring (bicyclic) bond motifs is 1. The van der Waals surface area contributed by atoms with Crippen LogP contribution in [-0.4, -0.2) is 11.1 Å². The van der Waals surface area contributed by atoms with E-state index in [9.17, 15) is 4.79 Å². The third kappa shape index (κ3) is 1.31. The van der Waals surface area contributed by atoms with Crippen molar-refractivity contribution < 1.29 is 9.90 Å². The summed E-state index contributed by atoms with van der Waals surface area (Å²) in [6.07, 6.45) is 1.50. The molecule has 0 amide bonds. The number of benzene rings is 1. The first-order valence-electron chi connectivity index (χ1n) is 4.20. The van der Waals surface area contributed by atoms with Crippen molar-refractivity contribution in [1.29, 1.82) is 0 Å². The molecule has 13 heavy (non-hydrogen) atoms. The lowest BCUT2D eigenvalue weighted by atomic mass is 10.0. The maximum atomic E-state index is 10.9. The van der Waals surface area contributed by atoms with Crippen molar-refractivity contribution in [3.63, 3.8) is 0 Å². The highest BCUT2D eigenvalue weighted by Gasteiger charge is 2.29. The highest BCUT2D eigenvalue weighted by Crippen LogP contribution is 2.37. The standard InChI is InChI=1S/C10H9ClO2/c11-8-3-1-2-6-4-5-7(9(6)8)10(12)13/h1-3,7H,4-5H2,(H,12,13). The molecule has 1 unspecified atom stereocenters. The quantitative estimate of drug-likeness (QED) is 0.749. The second-order valence-electron chi connectivity index (χ2n) is 3.24. The summed E-state index contributed by atoms with van der Waals surface area (Å²) in [5, 5.41) is 9.51. The van der Waals surface area contributed by atoms with E-state index in [-0.39, 0.29) is 0 Å². The summed E-state index contributed by atoms with van der Waals surface area (Å²) in [7, 11) is 0. The van der Waals surface area contributed by atoms with Crippen molar-refractivity contribution in [2.75, 3.05) is 0 Å². The van der Waals surface area contributed by atoms with Crippen LogP contribution in [0.1, 0.15) is 23.5 Å². The molecule has 2 rings (SSSR count). The van der Waals surface area contributed by atoms with Gasteiger partial charge in [-0.25, -0.2) is 0 Å². The van der Waals surface area contributed by atoms with E-state index in [1.54, 1.807) is 6.07 Å². The van der Waals surface area contributed by atoms with Gasteiger partial charge in [0.15, 0.2) is 0 Å². The summed E-state index contributed by atoms with van der Waals surface area (Å²) in [6, 6.07) is 5.57. The first-order chi connectivity index (χ1) is 6.20. The van der Waals surface area contributed by atoms with Gasteiger partial charge in [0, 0.05) is 5.02 Å². The lowest BCUT2D eigenvalue weighted by molar-refractivity contribution is -0.138. The summed E-state index contributed by atoms with van der Waals surface area (Å²) >= 11 is 5.95. The van der Waals surface area contributed by atoms with Crippen molar-refractivity contribution in [1.82, 2.24) is 0 Å². The second kappa shape index (κ2) is 3.04. The fourth-order valence-corrected chi connectivity index (χ4v) is 2.21. The van der Waals surface area contributed by atoms with E-state index < -0.39 is 11.9 Å². The maximum Gasteiger partial charge on any atom is 0.311 e.